The number of fused-ring (bicyclic) bond motifs is 1. The predicted molar refractivity (Wildman–Crippen MR) is 122 cm³/mol. The lowest BCUT2D eigenvalue weighted by molar-refractivity contribution is -0.120. The maximum absolute atomic E-state index is 13.1. The third-order valence-electron chi connectivity index (χ3n) is 6.21. The van der Waals surface area contributed by atoms with Gasteiger partial charge in [-0.3, -0.25) is 4.79 Å². The fourth-order valence-corrected chi connectivity index (χ4v) is 5.86. The second-order valence-electron chi connectivity index (χ2n) is 8.32. The predicted octanol–water partition coefficient (Wildman–Crippen LogP) is 3.24. The van der Waals surface area contributed by atoms with Crippen LogP contribution in [0, 0.1) is 5.92 Å². The first kappa shape index (κ1) is 22.8. The molecule has 2 aromatic carbocycles. The zero-order valence-corrected chi connectivity index (χ0v) is 19.2. The zero-order valence-electron chi connectivity index (χ0n) is 18.4. The van der Waals surface area contributed by atoms with Crippen molar-refractivity contribution in [2.45, 2.75) is 37.0 Å². The molecule has 0 saturated carbocycles. The molecule has 8 heteroatoms. The standard InChI is InChI=1S/C24H30N2O5S/c1-30-15-16-31-22-8-6-21(7-9-22)25-24(27)19-11-13-26(14-12-19)32(28,29)23-10-5-18-3-2-4-20(18)17-23/h5-10,17,19H,2-4,11-16H2,1H3,(H,25,27). The van der Waals surface area contributed by atoms with Gasteiger partial charge in [0.15, 0.2) is 0 Å². The van der Waals surface area contributed by atoms with Gasteiger partial charge in [-0.05, 0) is 79.6 Å². The third-order valence-corrected chi connectivity index (χ3v) is 8.11. The average molecular weight is 459 g/mol. The molecule has 1 amide bonds. The first-order valence-electron chi connectivity index (χ1n) is 11.1. The van der Waals surface area contributed by atoms with E-state index in [2.05, 4.69) is 5.32 Å². The van der Waals surface area contributed by atoms with Crippen LogP contribution in [0.25, 0.3) is 0 Å². The number of carbonyl (C=O) groups excluding carboxylic acids is 1. The number of ether oxygens (including phenoxy) is 2. The Bertz CT molecular complexity index is 1040. The molecule has 1 saturated heterocycles. The van der Waals surface area contributed by atoms with E-state index < -0.39 is 10.0 Å². The molecule has 1 fully saturated rings. The van der Waals surface area contributed by atoms with E-state index in [0.717, 1.165) is 24.8 Å². The van der Waals surface area contributed by atoms with Crippen LogP contribution in [-0.2, 0) is 32.4 Å². The number of sulfonamides is 1. The maximum Gasteiger partial charge on any atom is 0.243 e. The fourth-order valence-electron chi connectivity index (χ4n) is 4.34. The molecule has 0 atom stereocenters. The quantitative estimate of drug-likeness (QED) is 0.614. The Morgan fingerprint density at radius 2 is 1.75 bits per heavy atom. The van der Waals surface area contributed by atoms with Crippen LogP contribution in [-0.4, -0.2) is 52.0 Å². The first-order valence-corrected chi connectivity index (χ1v) is 12.6. The van der Waals surface area contributed by atoms with E-state index in [1.54, 1.807) is 37.4 Å². The number of nitrogens with zero attached hydrogens (tertiary/aromatic N) is 1. The number of aryl methyl sites for hydroxylation is 2. The molecule has 172 valence electrons. The molecule has 4 rings (SSSR count). The number of amides is 1. The molecule has 0 aromatic heterocycles. The molecule has 0 radical (unpaired) electrons. The lowest BCUT2D eigenvalue weighted by Crippen LogP contribution is -2.41. The summed E-state index contributed by atoms with van der Waals surface area (Å²) in [6, 6.07) is 12.7. The van der Waals surface area contributed by atoms with E-state index >= 15 is 0 Å². The maximum atomic E-state index is 13.1. The van der Waals surface area contributed by atoms with Crippen LogP contribution in [0.4, 0.5) is 5.69 Å². The molecule has 0 spiro atoms. The van der Waals surface area contributed by atoms with E-state index in [1.807, 2.05) is 12.1 Å². The molecule has 7 nitrogen and oxygen atoms in total. The average Bonchev–Trinajstić information content (AvgIpc) is 3.28. The number of nitrogens with one attached hydrogen (secondary N) is 1. The van der Waals surface area contributed by atoms with Crippen molar-refractivity contribution in [3.63, 3.8) is 0 Å². The second kappa shape index (κ2) is 10.0. The number of hydrogen-bond acceptors (Lipinski definition) is 5. The molecule has 0 unspecified atom stereocenters. The van der Waals surface area contributed by atoms with E-state index in [0.29, 0.717) is 55.5 Å². The van der Waals surface area contributed by atoms with Gasteiger partial charge in [0.25, 0.3) is 0 Å². The lowest BCUT2D eigenvalue weighted by atomic mass is 9.97. The summed E-state index contributed by atoms with van der Waals surface area (Å²) in [5, 5.41) is 2.93. The molecule has 2 aromatic rings. The molecule has 0 bridgehead atoms. The molecular weight excluding hydrogens is 428 g/mol. The normalized spacial score (nSPS) is 17.2. The number of piperidine rings is 1. The van der Waals surface area contributed by atoms with E-state index in [1.165, 1.54) is 9.87 Å². The molecule has 32 heavy (non-hydrogen) atoms. The van der Waals surface area contributed by atoms with Crippen LogP contribution in [0.3, 0.4) is 0 Å². The Balaban J connectivity index is 1.30. The van der Waals surface area contributed by atoms with Gasteiger partial charge >= 0.3 is 0 Å². The van der Waals surface area contributed by atoms with Crippen molar-refractivity contribution < 1.29 is 22.7 Å². The SMILES string of the molecule is COCCOc1ccc(NC(=O)C2CCN(S(=O)(=O)c3ccc4c(c3)CCC4)CC2)cc1. The van der Waals surface area contributed by atoms with Gasteiger partial charge in [-0.15, -0.1) is 0 Å². The topological polar surface area (TPSA) is 84.9 Å². The van der Waals surface area contributed by atoms with Gasteiger partial charge in [0.1, 0.15) is 12.4 Å². The molecule has 1 aliphatic heterocycles. The number of rotatable bonds is 8. The summed E-state index contributed by atoms with van der Waals surface area (Å²) in [6.07, 6.45) is 4.08. The van der Waals surface area contributed by atoms with Gasteiger partial charge in [0.05, 0.1) is 11.5 Å². The molecular formula is C24H30N2O5S. The highest BCUT2D eigenvalue weighted by Crippen LogP contribution is 2.29. The summed E-state index contributed by atoms with van der Waals surface area (Å²) in [5.74, 6) is 0.428. The Labute approximate surface area is 189 Å². The summed E-state index contributed by atoms with van der Waals surface area (Å²) >= 11 is 0. The molecule has 1 heterocycles. The van der Waals surface area contributed by atoms with Crippen molar-refractivity contribution >= 4 is 21.6 Å². The van der Waals surface area contributed by atoms with Crippen LogP contribution in [0.15, 0.2) is 47.4 Å². The van der Waals surface area contributed by atoms with Crippen molar-refractivity contribution in [1.82, 2.24) is 4.31 Å². The lowest BCUT2D eigenvalue weighted by Gasteiger charge is -2.30. The Hall–Kier alpha value is -2.42. The van der Waals surface area contributed by atoms with Gasteiger partial charge in [-0.1, -0.05) is 6.07 Å². The van der Waals surface area contributed by atoms with Crippen molar-refractivity contribution in [3.8, 4) is 5.75 Å². The van der Waals surface area contributed by atoms with E-state index in [9.17, 15) is 13.2 Å². The highest BCUT2D eigenvalue weighted by atomic mass is 32.2. The second-order valence-corrected chi connectivity index (χ2v) is 10.3. The van der Waals surface area contributed by atoms with Crippen LogP contribution >= 0.6 is 0 Å². The summed E-state index contributed by atoms with van der Waals surface area (Å²) in [4.78, 5) is 13.1. The van der Waals surface area contributed by atoms with Gasteiger partial charge in [0.2, 0.25) is 15.9 Å². The van der Waals surface area contributed by atoms with Crippen LogP contribution in [0.2, 0.25) is 0 Å². The number of hydrogen-bond donors (Lipinski definition) is 1. The minimum atomic E-state index is -3.53. The summed E-state index contributed by atoms with van der Waals surface area (Å²) in [5.41, 5.74) is 3.10. The zero-order chi connectivity index (χ0) is 22.6. The Morgan fingerprint density at radius 3 is 2.47 bits per heavy atom. The summed E-state index contributed by atoms with van der Waals surface area (Å²) in [7, 11) is -1.91. The summed E-state index contributed by atoms with van der Waals surface area (Å²) in [6.45, 7) is 1.68. The number of benzene rings is 2. The number of anilines is 1. The van der Waals surface area contributed by atoms with Crippen molar-refractivity contribution in [2.24, 2.45) is 5.92 Å². The highest BCUT2D eigenvalue weighted by Gasteiger charge is 2.32. The largest absolute Gasteiger partial charge is 0.491 e. The number of methoxy groups -OCH3 is 1. The van der Waals surface area contributed by atoms with Crippen molar-refractivity contribution in [2.75, 3.05) is 38.7 Å². The van der Waals surface area contributed by atoms with Gasteiger partial charge in [-0.2, -0.15) is 4.31 Å². The Morgan fingerprint density at radius 1 is 1.03 bits per heavy atom. The number of carbonyl (C=O) groups is 1. The minimum Gasteiger partial charge on any atom is -0.491 e. The molecule has 2 aliphatic rings. The summed E-state index contributed by atoms with van der Waals surface area (Å²) < 4.78 is 38.2. The minimum absolute atomic E-state index is 0.0763. The van der Waals surface area contributed by atoms with Gasteiger partial charge in [-0.25, -0.2) is 8.42 Å². The van der Waals surface area contributed by atoms with Gasteiger partial charge < -0.3 is 14.8 Å². The Kier molecular flexibility index (Phi) is 7.13. The van der Waals surface area contributed by atoms with Gasteiger partial charge in [0, 0.05) is 31.8 Å². The van der Waals surface area contributed by atoms with Crippen LogP contribution in [0.5, 0.6) is 5.75 Å². The molecule has 1 N–H and O–H groups in total. The van der Waals surface area contributed by atoms with E-state index in [-0.39, 0.29) is 11.8 Å². The van der Waals surface area contributed by atoms with Crippen molar-refractivity contribution in [3.05, 3.63) is 53.6 Å². The van der Waals surface area contributed by atoms with E-state index in [4.69, 9.17) is 9.47 Å². The van der Waals surface area contributed by atoms with Crippen LogP contribution < -0.4 is 10.1 Å². The van der Waals surface area contributed by atoms with Crippen LogP contribution in [0.1, 0.15) is 30.4 Å². The third kappa shape index (κ3) is 5.14. The smallest absolute Gasteiger partial charge is 0.243 e. The fraction of sp³-hybridized carbons (Fsp3) is 0.458. The first-order chi connectivity index (χ1) is 15.5. The monoisotopic (exact) mass is 458 g/mol. The molecule has 1 aliphatic carbocycles. The van der Waals surface area contributed by atoms with Crippen molar-refractivity contribution in [1.29, 1.82) is 0 Å². The highest BCUT2D eigenvalue weighted by molar-refractivity contribution is 7.89.